The van der Waals surface area contributed by atoms with Crippen molar-refractivity contribution < 1.29 is 31.1 Å². The third-order valence-electron chi connectivity index (χ3n) is 9.15. The van der Waals surface area contributed by atoms with Crippen LogP contribution in [0.2, 0.25) is 0 Å². The maximum atomic E-state index is 13.7. The quantitative estimate of drug-likeness (QED) is 0.404. The number of anilines is 1. The van der Waals surface area contributed by atoms with E-state index in [1.54, 1.807) is 18.3 Å². The normalized spacial score (nSPS) is 22.4. The summed E-state index contributed by atoms with van der Waals surface area (Å²) in [6.45, 7) is 5.31. The fraction of sp³-hybridized carbons (Fsp3) is 0.548. The minimum absolute atomic E-state index is 0.0621. The fourth-order valence-electron chi connectivity index (χ4n) is 6.28. The maximum Gasteiger partial charge on any atom is 0.394 e. The number of amides is 1. The summed E-state index contributed by atoms with van der Waals surface area (Å²) >= 11 is 0. The number of aryl methyl sites for hydroxylation is 1. The number of fused-ring (bicyclic) bond motifs is 6. The molecule has 3 aliphatic rings. The highest BCUT2D eigenvalue weighted by Gasteiger charge is 2.62. The molecule has 248 valence electrons. The third-order valence-corrected chi connectivity index (χ3v) is 10.4. The Balaban J connectivity index is 1.30. The molecule has 15 heteroatoms. The van der Waals surface area contributed by atoms with Crippen LogP contribution in [0.5, 0.6) is 5.88 Å². The number of hydrogen-bond donors (Lipinski definition) is 2. The van der Waals surface area contributed by atoms with Crippen LogP contribution in [0.15, 0.2) is 47.6 Å². The lowest BCUT2D eigenvalue weighted by atomic mass is 9.99. The molecule has 0 radical (unpaired) electrons. The number of sulfonamides is 1. The third kappa shape index (κ3) is 6.70. The Morgan fingerprint density at radius 1 is 1.07 bits per heavy atom. The van der Waals surface area contributed by atoms with E-state index in [1.165, 1.54) is 28.9 Å². The highest BCUT2D eigenvalue weighted by molar-refractivity contribution is 7.90. The lowest BCUT2D eigenvalue weighted by Gasteiger charge is -2.33. The van der Waals surface area contributed by atoms with Crippen molar-refractivity contribution >= 4 is 21.7 Å². The van der Waals surface area contributed by atoms with Gasteiger partial charge >= 0.3 is 6.18 Å². The number of carbonyl (C=O) groups excluding carboxylic acids is 1. The van der Waals surface area contributed by atoms with E-state index in [0.29, 0.717) is 24.5 Å². The standard InChI is InChI=1S/C31H38F3N7O4S/c1-29(2)19-22-20-40(29)27-23(28(42)39-46(43,44)26-9-6-8-21(36-26)7-4-3-5-16-35-22)10-11-24(37-27)41-17-12-25(38-41)45-18-15-30(13-14-30)31(32,33)34/h6,8-12,17,22,35H,3-5,7,13-16,18-20H2,1-2H3,(H,39,42). The van der Waals surface area contributed by atoms with Gasteiger partial charge in [0, 0.05) is 36.1 Å². The Hall–Kier alpha value is -3.72. The van der Waals surface area contributed by atoms with Gasteiger partial charge in [-0.25, -0.2) is 19.4 Å². The smallest absolute Gasteiger partial charge is 0.394 e. The van der Waals surface area contributed by atoms with Crippen LogP contribution >= 0.6 is 0 Å². The number of hydrogen-bond acceptors (Lipinski definition) is 9. The van der Waals surface area contributed by atoms with E-state index >= 15 is 0 Å². The van der Waals surface area contributed by atoms with Gasteiger partial charge < -0.3 is 15.0 Å². The SMILES string of the molecule is CC1(C)CC2CN1c1nc(-n3ccc(OCCC4(C(F)(F)F)CC4)n3)ccc1C(=O)NS(=O)(=O)c1cccc(n1)CCCCCN2. The number of halogens is 3. The number of nitrogens with one attached hydrogen (secondary N) is 2. The molecule has 0 aromatic carbocycles. The largest absolute Gasteiger partial charge is 0.477 e. The summed E-state index contributed by atoms with van der Waals surface area (Å²) < 4.78 is 75.6. The van der Waals surface area contributed by atoms with Crippen molar-refractivity contribution in [2.24, 2.45) is 5.41 Å². The first kappa shape index (κ1) is 32.2. The molecule has 1 amide bonds. The maximum absolute atomic E-state index is 13.7. The van der Waals surface area contributed by atoms with Crippen LogP contribution in [0.1, 0.15) is 74.8 Å². The average molecular weight is 662 g/mol. The average Bonchev–Trinajstić information content (AvgIpc) is 3.54. The molecule has 1 unspecified atom stereocenters. The first-order valence-electron chi connectivity index (χ1n) is 15.6. The topological polar surface area (TPSA) is 131 Å². The van der Waals surface area contributed by atoms with E-state index in [4.69, 9.17) is 9.72 Å². The summed E-state index contributed by atoms with van der Waals surface area (Å²) in [4.78, 5) is 24.8. The van der Waals surface area contributed by atoms with Crippen molar-refractivity contribution in [3.63, 3.8) is 0 Å². The van der Waals surface area contributed by atoms with Crippen LogP contribution in [0.25, 0.3) is 5.82 Å². The first-order chi connectivity index (χ1) is 21.8. The monoisotopic (exact) mass is 661 g/mol. The molecule has 1 saturated carbocycles. The first-order valence-corrected chi connectivity index (χ1v) is 17.1. The zero-order valence-electron chi connectivity index (χ0n) is 25.8. The molecular weight excluding hydrogens is 623 g/mol. The fourth-order valence-corrected chi connectivity index (χ4v) is 7.24. The van der Waals surface area contributed by atoms with Crippen molar-refractivity contribution in [1.29, 1.82) is 0 Å². The summed E-state index contributed by atoms with van der Waals surface area (Å²) in [6, 6.07) is 9.44. The number of pyridine rings is 2. The molecule has 1 aliphatic carbocycles. The van der Waals surface area contributed by atoms with E-state index in [0.717, 1.165) is 32.2 Å². The van der Waals surface area contributed by atoms with Gasteiger partial charge in [-0.1, -0.05) is 12.5 Å². The molecule has 0 spiro atoms. The lowest BCUT2D eigenvalue weighted by Crippen LogP contribution is -2.41. The zero-order valence-corrected chi connectivity index (χ0v) is 26.6. The molecule has 6 rings (SSSR count). The molecule has 4 bridgehead atoms. The molecule has 2 fully saturated rings. The molecule has 2 N–H and O–H groups in total. The predicted octanol–water partition coefficient (Wildman–Crippen LogP) is 4.57. The van der Waals surface area contributed by atoms with Crippen molar-refractivity contribution in [2.45, 2.75) is 88.0 Å². The van der Waals surface area contributed by atoms with Crippen LogP contribution in [0.3, 0.4) is 0 Å². The molecule has 3 aromatic rings. The number of rotatable bonds is 5. The predicted molar refractivity (Wildman–Crippen MR) is 163 cm³/mol. The number of alkyl halides is 3. The van der Waals surface area contributed by atoms with Gasteiger partial charge in [0.05, 0.1) is 17.6 Å². The Morgan fingerprint density at radius 3 is 2.63 bits per heavy atom. The van der Waals surface area contributed by atoms with E-state index in [2.05, 4.69) is 20.1 Å². The van der Waals surface area contributed by atoms with Crippen LogP contribution in [-0.4, -0.2) is 71.5 Å². The molecular formula is C31H38F3N7O4S. The van der Waals surface area contributed by atoms with Gasteiger partial charge in [-0.2, -0.15) is 21.6 Å². The van der Waals surface area contributed by atoms with E-state index in [1.807, 2.05) is 18.7 Å². The van der Waals surface area contributed by atoms with Crippen LogP contribution in [0, 0.1) is 5.41 Å². The van der Waals surface area contributed by atoms with Gasteiger partial charge in [0.2, 0.25) is 5.88 Å². The Kier molecular flexibility index (Phi) is 8.51. The molecule has 11 nitrogen and oxygen atoms in total. The molecule has 46 heavy (non-hydrogen) atoms. The Bertz CT molecular complexity index is 1710. The number of ether oxygens (including phenoxy) is 1. The number of nitrogens with zero attached hydrogens (tertiary/aromatic N) is 5. The lowest BCUT2D eigenvalue weighted by molar-refractivity contribution is -0.190. The van der Waals surface area contributed by atoms with Crippen molar-refractivity contribution in [1.82, 2.24) is 29.8 Å². The van der Waals surface area contributed by atoms with E-state index < -0.39 is 33.1 Å². The molecule has 3 aromatic heterocycles. The minimum atomic E-state index is -4.29. The zero-order chi connectivity index (χ0) is 32.7. The summed E-state index contributed by atoms with van der Waals surface area (Å²) in [5.74, 6) is -0.0944. The summed E-state index contributed by atoms with van der Waals surface area (Å²) in [5, 5.41) is 7.75. The Morgan fingerprint density at radius 2 is 1.87 bits per heavy atom. The van der Waals surface area contributed by atoms with Crippen LogP contribution in [0.4, 0.5) is 19.0 Å². The van der Waals surface area contributed by atoms with Crippen LogP contribution in [-0.2, 0) is 16.4 Å². The van der Waals surface area contributed by atoms with Gasteiger partial charge in [-0.3, -0.25) is 4.79 Å². The van der Waals surface area contributed by atoms with Gasteiger partial charge in [0.1, 0.15) is 5.82 Å². The summed E-state index contributed by atoms with van der Waals surface area (Å²) in [5.41, 5.74) is -1.40. The molecule has 1 atom stereocenters. The molecule has 5 heterocycles. The Labute approximate surface area is 266 Å². The van der Waals surface area contributed by atoms with Crippen molar-refractivity contribution in [3.8, 4) is 11.7 Å². The van der Waals surface area contributed by atoms with E-state index in [-0.39, 0.29) is 54.2 Å². The summed E-state index contributed by atoms with van der Waals surface area (Å²) in [6.07, 6.45) is 1.55. The number of carbonyl (C=O) groups is 1. The highest BCUT2D eigenvalue weighted by Crippen LogP contribution is 2.59. The second-order valence-electron chi connectivity index (χ2n) is 13.0. The van der Waals surface area contributed by atoms with Crippen molar-refractivity contribution in [3.05, 3.63) is 53.9 Å². The highest BCUT2D eigenvalue weighted by atomic mass is 32.2. The van der Waals surface area contributed by atoms with Gasteiger partial charge in [-0.15, -0.1) is 5.10 Å². The van der Waals surface area contributed by atoms with Crippen molar-refractivity contribution in [2.75, 3.05) is 24.6 Å². The van der Waals surface area contributed by atoms with Gasteiger partial charge in [0.25, 0.3) is 15.9 Å². The van der Waals surface area contributed by atoms with E-state index in [9.17, 15) is 26.4 Å². The van der Waals surface area contributed by atoms with Crippen LogP contribution < -0.4 is 19.7 Å². The minimum Gasteiger partial charge on any atom is -0.477 e. The second-order valence-corrected chi connectivity index (χ2v) is 14.6. The number of aromatic nitrogens is 4. The van der Waals surface area contributed by atoms with Gasteiger partial charge in [0.15, 0.2) is 10.8 Å². The second kappa shape index (κ2) is 12.1. The van der Waals surface area contributed by atoms with Gasteiger partial charge in [-0.05, 0) is 89.6 Å². The molecule has 1 saturated heterocycles. The summed E-state index contributed by atoms with van der Waals surface area (Å²) in [7, 11) is -4.29. The molecule has 2 aliphatic heterocycles.